The maximum Gasteiger partial charge on any atom is 0.330 e. The van der Waals surface area contributed by atoms with Crippen LogP contribution in [0.3, 0.4) is 0 Å². The lowest BCUT2D eigenvalue weighted by molar-refractivity contribution is 0.0745. The highest BCUT2D eigenvalue weighted by Crippen LogP contribution is 2.27. The Bertz CT molecular complexity index is 1090. The first-order chi connectivity index (χ1) is 15.3. The van der Waals surface area contributed by atoms with E-state index in [0.717, 1.165) is 17.9 Å². The molecule has 0 saturated heterocycles. The van der Waals surface area contributed by atoms with E-state index in [1.165, 1.54) is 42.5 Å². The summed E-state index contributed by atoms with van der Waals surface area (Å²) in [5.74, 6) is 1.34. The third-order valence-corrected chi connectivity index (χ3v) is 7.68. The van der Waals surface area contributed by atoms with Gasteiger partial charge in [0.05, 0.1) is 18.1 Å². The quantitative estimate of drug-likeness (QED) is 0.484. The summed E-state index contributed by atoms with van der Waals surface area (Å²) in [6, 6.07) is 8.94. The molecule has 1 aromatic carbocycles. The Labute approximate surface area is 188 Å². The molecule has 1 heterocycles. The van der Waals surface area contributed by atoms with Gasteiger partial charge in [0.1, 0.15) is 12.5 Å². The van der Waals surface area contributed by atoms with Crippen molar-refractivity contribution < 1.29 is 17.9 Å². The zero-order chi connectivity index (χ0) is 23.0. The molecule has 0 unspecified atom stereocenters. The number of aromatic nitrogens is 2. The van der Waals surface area contributed by atoms with Crippen molar-refractivity contribution in [3.63, 3.8) is 0 Å². The van der Waals surface area contributed by atoms with E-state index in [0.29, 0.717) is 12.3 Å². The lowest BCUT2D eigenvalue weighted by Gasteiger charge is -2.15. The fraction of sp³-hybridized carbons (Fsp3) is 0.565. The number of benzene rings is 1. The lowest BCUT2D eigenvalue weighted by Crippen LogP contribution is -2.29. The topological polar surface area (TPSA) is 107 Å². The standard InChI is InChI=1S/C23H32N2O6S/c1-18(20-8-4-9-21(14-20)31-15-19-6-2-3-7-19)16-32(28,29)13-5-12-30-17-25-11-10-22(26)24-23(25)27/h4,8-11,14,18-19H,2-3,5-7,12-13,15-17H2,1H3,(H,24,26,27)/t18-/m0/s1. The molecule has 1 aliphatic carbocycles. The van der Waals surface area contributed by atoms with E-state index < -0.39 is 21.1 Å². The zero-order valence-corrected chi connectivity index (χ0v) is 19.3. The molecule has 0 bridgehead atoms. The summed E-state index contributed by atoms with van der Waals surface area (Å²) in [4.78, 5) is 24.7. The van der Waals surface area contributed by atoms with Crippen molar-refractivity contribution in [3.05, 3.63) is 62.9 Å². The fourth-order valence-electron chi connectivity index (χ4n) is 3.95. The van der Waals surface area contributed by atoms with Gasteiger partial charge in [-0.05, 0) is 48.8 Å². The molecule has 8 nitrogen and oxygen atoms in total. The second-order valence-electron chi connectivity index (χ2n) is 8.52. The van der Waals surface area contributed by atoms with Gasteiger partial charge in [-0.25, -0.2) is 13.2 Å². The fourth-order valence-corrected chi connectivity index (χ4v) is 5.63. The van der Waals surface area contributed by atoms with E-state index in [2.05, 4.69) is 4.98 Å². The molecule has 0 radical (unpaired) electrons. The Morgan fingerprint density at radius 1 is 1.19 bits per heavy atom. The van der Waals surface area contributed by atoms with Crippen molar-refractivity contribution in [2.24, 2.45) is 5.92 Å². The smallest absolute Gasteiger partial charge is 0.330 e. The number of nitrogens with one attached hydrogen (secondary N) is 1. The van der Waals surface area contributed by atoms with Gasteiger partial charge >= 0.3 is 5.69 Å². The van der Waals surface area contributed by atoms with E-state index in [-0.39, 0.29) is 30.8 Å². The predicted octanol–water partition coefficient (Wildman–Crippen LogP) is 2.69. The average Bonchev–Trinajstić information content (AvgIpc) is 3.27. The number of nitrogens with zero attached hydrogens (tertiary/aromatic N) is 1. The zero-order valence-electron chi connectivity index (χ0n) is 18.5. The minimum atomic E-state index is -3.26. The van der Waals surface area contributed by atoms with Crippen LogP contribution in [0, 0.1) is 5.92 Å². The van der Waals surface area contributed by atoms with Crippen molar-refractivity contribution in [2.45, 2.75) is 51.7 Å². The van der Waals surface area contributed by atoms with Crippen LogP contribution in [-0.4, -0.2) is 42.7 Å². The number of hydrogen-bond acceptors (Lipinski definition) is 6. The Morgan fingerprint density at radius 2 is 1.97 bits per heavy atom. The maximum atomic E-state index is 12.5. The molecule has 3 rings (SSSR count). The lowest BCUT2D eigenvalue weighted by atomic mass is 10.0. The van der Waals surface area contributed by atoms with Gasteiger partial charge in [-0.3, -0.25) is 14.3 Å². The van der Waals surface area contributed by atoms with Crippen molar-refractivity contribution in [1.82, 2.24) is 9.55 Å². The first kappa shape index (κ1) is 24.3. The van der Waals surface area contributed by atoms with E-state index in [1.807, 2.05) is 31.2 Å². The normalized spacial score (nSPS) is 15.7. The third-order valence-electron chi connectivity index (χ3n) is 5.76. The van der Waals surface area contributed by atoms with Gasteiger partial charge in [0.15, 0.2) is 9.84 Å². The minimum absolute atomic E-state index is 0.00966. The first-order valence-corrected chi connectivity index (χ1v) is 13.0. The Kier molecular flexibility index (Phi) is 8.69. The Hall–Kier alpha value is -2.39. The molecule has 9 heteroatoms. The molecule has 1 fully saturated rings. The molecule has 1 aliphatic rings. The van der Waals surface area contributed by atoms with Crippen LogP contribution in [0.1, 0.15) is 50.5 Å². The van der Waals surface area contributed by atoms with E-state index >= 15 is 0 Å². The highest BCUT2D eigenvalue weighted by atomic mass is 32.2. The summed E-state index contributed by atoms with van der Waals surface area (Å²) in [6.07, 6.45) is 6.67. The summed E-state index contributed by atoms with van der Waals surface area (Å²) in [7, 11) is -3.26. The number of hydrogen-bond donors (Lipinski definition) is 1. The minimum Gasteiger partial charge on any atom is -0.493 e. The van der Waals surface area contributed by atoms with E-state index in [4.69, 9.17) is 9.47 Å². The highest BCUT2D eigenvalue weighted by Gasteiger charge is 2.19. The van der Waals surface area contributed by atoms with Crippen LogP contribution >= 0.6 is 0 Å². The molecule has 32 heavy (non-hydrogen) atoms. The van der Waals surface area contributed by atoms with Crippen molar-refractivity contribution in [3.8, 4) is 5.75 Å². The number of aromatic amines is 1. The molecular weight excluding hydrogens is 432 g/mol. The van der Waals surface area contributed by atoms with Gasteiger partial charge in [-0.15, -0.1) is 0 Å². The van der Waals surface area contributed by atoms with Gasteiger partial charge in [0.25, 0.3) is 5.56 Å². The Morgan fingerprint density at radius 3 is 2.72 bits per heavy atom. The van der Waals surface area contributed by atoms with Crippen LogP contribution < -0.4 is 16.0 Å². The monoisotopic (exact) mass is 464 g/mol. The van der Waals surface area contributed by atoms with Gasteiger partial charge < -0.3 is 9.47 Å². The van der Waals surface area contributed by atoms with Gasteiger partial charge in [0.2, 0.25) is 0 Å². The number of sulfone groups is 1. The molecule has 1 atom stereocenters. The van der Waals surface area contributed by atoms with E-state index in [9.17, 15) is 18.0 Å². The molecular formula is C23H32N2O6S. The van der Waals surface area contributed by atoms with Crippen molar-refractivity contribution in [2.75, 3.05) is 24.7 Å². The highest BCUT2D eigenvalue weighted by molar-refractivity contribution is 7.91. The van der Waals surface area contributed by atoms with Crippen LogP contribution in [0.15, 0.2) is 46.1 Å². The van der Waals surface area contributed by atoms with Crippen LogP contribution in [-0.2, 0) is 21.3 Å². The molecule has 2 aromatic rings. The van der Waals surface area contributed by atoms with Gasteiger partial charge in [-0.1, -0.05) is 31.9 Å². The number of H-pyrrole nitrogens is 1. The molecule has 0 amide bonds. The molecule has 176 valence electrons. The van der Waals surface area contributed by atoms with Crippen LogP contribution in [0.25, 0.3) is 0 Å². The second-order valence-corrected chi connectivity index (χ2v) is 10.7. The molecule has 0 aliphatic heterocycles. The summed E-state index contributed by atoms with van der Waals surface area (Å²) >= 11 is 0. The van der Waals surface area contributed by atoms with Gasteiger partial charge in [0, 0.05) is 18.9 Å². The molecule has 1 saturated carbocycles. The maximum absolute atomic E-state index is 12.5. The number of ether oxygens (including phenoxy) is 2. The molecule has 0 spiro atoms. The van der Waals surface area contributed by atoms with Crippen molar-refractivity contribution in [1.29, 1.82) is 0 Å². The summed E-state index contributed by atoms with van der Waals surface area (Å²) in [5, 5.41) is 0. The largest absolute Gasteiger partial charge is 0.493 e. The third kappa shape index (κ3) is 7.63. The van der Waals surface area contributed by atoms with Crippen LogP contribution in [0.5, 0.6) is 5.75 Å². The second kappa shape index (κ2) is 11.5. The Balaban J connectivity index is 1.42. The number of rotatable bonds is 12. The average molecular weight is 465 g/mol. The predicted molar refractivity (Wildman–Crippen MR) is 123 cm³/mol. The molecule has 1 N–H and O–H groups in total. The summed E-state index contributed by atoms with van der Waals surface area (Å²) < 4.78 is 37.6. The molecule has 1 aromatic heterocycles. The summed E-state index contributed by atoms with van der Waals surface area (Å²) in [6.45, 7) is 2.79. The van der Waals surface area contributed by atoms with Gasteiger partial charge in [-0.2, -0.15) is 0 Å². The van der Waals surface area contributed by atoms with Crippen LogP contribution in [0.4, 0.5) is 0 Å². The van der Waals surface area contributed by atoms with E-state index in [1.54, 1.807) is 0 Å². The summed E-state index contributed by atoms with van der Waals surface area (Å²) in [5.41, 5.74) is -0.0861. The van der Waals surface area contributed by atoms with Crippen LogP contribution in [0.2, 0.25) is 0 Å². The van der Waals surface area contributed by atoms with Crippen molar-refractivity contribution >= 4 is 9.84 Å². The first-order valence-electron chi connectivity index (χ1n) is 11.1. The SMILES string of the molecule is C[C@@H](CS(=O)(=O)CCCOCn1ccc(=O)[nH]c1=O)c1cccc(OCC2CCCC2)c1.